The van der Waals surface area contributed by atoms with E-state index >= 15 is 0 Å². The molecule has 0 atom stereocenters. The van der Waals surface area contributed by atoms with Gasteiger partial charge in [-0.05, 0) is 30.7 Å². The first-order valence-electron chi connectivity index (χ1n) is 6.97. The molecule has 0 radical (unpaired) electrons. The van der Waals surface area contributed by atoms with Crippen LogP contribution in [0, 0.1) is 5.82 Å². The molecule has 0 aromatic heterocycles. The fraction of sp³-hybridized carbons (Fsp3) is 0.188. The van der Waals surface area contributed by atoms with Crippen molar-refractivity contribution in [2.75, 3.05) is 10.8 Å². The number of carboxylic acids is 1. The van der Waals surface area contributed by atoms with E-state index < -0.39 is 21.8 Å². The summed E-state index contributed by atoms with van der Waals surface area (Å²) < 4.78 is 40.5. The number of benzene rings is 2. The maximum absolute atomic E-state index is 14.0. The molecule has 2 aromatic rings. The maximum Gasteiger partial charge on any atom is 0.303 e. The van der Waals surface area contributed by atoms with Gasteiger partial charge in [-0.3, -0.25) is 9.10 Å². The zero-order valence-corrected chi connectivity index (χ0v) is 13.0. The number of anilines is 1. The Balaban J connectivity index is 2.41. The quantitative estimate of drug-likeness (QED) is 0.843. The van der Waals surface area contributed by atoms with Crippen LogP contribution in [0.5, 0.6) is 0 Å². The molecule has 0 aliphatic heterocycles. The molecule has 0 aliphatic rings. The summed E-state index contributed by atoms with van der Waals surface area (Å²) in [5.74, 6) is -1.71. The van der Waals surface area contributed by atoms with E-state index in [4.69, 9.17) is 5.11 Å². The number of hydrogen-bond donors (Lipinski definition) is 1. The van der Waals surface area contributed by atoms with E-state index in [9.17, 15) is 17.6 Å². The number of hydrogen-bond acceptors (Lipinski definition) is 3. The molecule has 2 rings (SSSR count). The molecule has 0 saturated carbocycles. The SMILES string of the molecule is O=C(O)CCCN(c1ccccc1F)S(=O)(=O)c1ccccc1. The third kappa shape index (κ3) is 4.07. The molecule has 0 saturated heterocycles. The molecule has 1 N–H and O–H groups in total. The Morgan fingerprint density at radius 2 is 1.65 bits per heavy atom. The first-order valence-corrected chi connectivity index (χ1v) is 8.41. The van der Waals surface area contributed by atoms with Crippen molar-refractivity contribution in [3.05, 3.63) is 60.4 Å². The zero-order valence-electron chi connectivity index (χ0n) is 12.2. The lowest BCUT2D eigenvalue weighted by Gasteiger charge is -2.24. The van der Waals surface area contributed by atoms with Gasteiger partial charge in [-0.25, -0.2) is 12.8 Å². The first kappa shape index (κ1) is 17.0. The zero-order chi connectivity index (χ0) is 16.9. The third-order valence-corrected chi connectivity index (χ3v) is 5.03. The van der Waals surface area contributed by atoms with E-state index in [2.05, 4.69) is 0 Å². The van der Waals surface area contributed by atoms with Gasteiger partial charge in [0.15, 0.2) is 0 Å². The number of halogens is 1. The van der Waals surface area contributed by atoms with E-state index in [-0.39, 0.29) is 30.0 Å². The van der Waals surface area contributed by atoms with Crippen LogP contribution >= 0.6 is 0 Å². The van der Waals surface area contributed by atoms with E-state index in [1.54, 1.807) is 18.2 Å². The van der Waals surface area contributed by atoms with Crippen molar-refractivity contribution < 1.29 is 22.7 Å². The second-order valence-electron chi connectivity index (χ2n) is 4.84. The lowest BCUT2D eigenvalue weighted by Crippen LogP contribution is -2.33. The minimum atomic E-state index is -3.97. The Morgan fingerprint density at radius 3 is 2.26 bits per heavy atom. The number of aliphatic carboxylic acids is 1. The van der Waals surface area contributed by atoms with Gasteiger partial charge in [-0.1, -0.05) is 30.3 Å². The lowest BCUT2D eigenvalue weighted by molar-refractivity contribution is -0.137. The summed E-state index contributed by atoms with van der Waals surface area (Å²) in [5, 5.41) is 8.73. The van der Waals surface area contributed by atoms with Crippen molar-refractivity contribution >= 4 is 21.7 Å². The van der Waals surface area contributed by atoms with Gasteiger partial charge in [0, 0.05) is 13.0 Å². The van der Waals surface area contributed by atoms with E-state index in [0.29, 0.717) is 0 Å². The van der Waals surface area contributed by atoms with Crippen molar-refractivity contribution in [2.24, 2.45) is 0 Å². The minimum Gasteiger partial charge on any atom is -0.481 e. The number of nitrogens with zero attached hydrogens (tertiary/aromatic N) is 1. The second-order valence-corrected chi connectivity index (χ2v) is 6.70. The molecule has 0 fully saturated rings. The average molecular weight is 337 g/mol. The predicted molar refractivity (Wildman–Crippen MR) is 84.2 cm³/mol. The van der Waals surface area contributed by atoms with Gasteiger partial charge in [0.2, 0.25) is 0 Å². The highest BCUT2D eigenvalue weighted by molar-refractivity contribution is 7.92. The summed E-state index contributed by atoms with van der Waals surface area (Å²) >= 11 is 0. The van der Waals surface area contributed by atoms with Crippen LogP contribution < -0.4 is 4.31 Å². The fourth-order valence-corrected chi connectivity index (χ4v) is 3.65. The Bertz CT molecular complexity index is 778. The standard InChI is InChI=1S/C16H16FNO4S/c17-14-9-4-5-10-15(14)18(12-6-11-16(19)20)23(21,22)13-7-2-1-3-8-13/h1-5,7-10H,6,11-12H2,(H,19,20). The molecule has 122 valence electrons. The molecule has 0 unspecified atom stereocenters. The van der Waals surface area contributed by atoms with Crippen molar-refractivity contribution in [3.63, 3.8) is 0 Å². The molecule has 7 heteroatoms. The number of para-hydroxylation sites is 1. The van der Waals surface area contributed by atoms with Gasteiger partial charge < -0.3 is 5.11 Å². The first-order chi connectivity index (χ1) is 10.9. The van der Waals surface area contributed by atoms with Crippen LogP contribution in [0.4, 0.5) is 10.1 Å². The van der Waals surface area contributed by atoms with Gasteiger partial charge in [0.1, 0.15) is 5.82 Å². The molecule has 0 heterocycles. The monoisotopic (exact) mass is 337 g/mol. The van der Waals surface area contributed by atoms with E-state index in [1.807, 2.05) is 0 Å². The predicted octanol–water partition coefficient (Wildman–Crippen LogP) is 2.89. The van der Waals surface area contributed by atoms with Crippen LogP contribution in [-0.4, -0.2) is 26.0 Å². The molecular weight excluding hydrogens is 321 g/mol. The van der Waals surface area contributed by atoms with Crippen molar-refractivity contribution in [1.29, 1.82) is 0 Å². The maximum atomic E-state index is 14.0. The van der Waals surface area contributed by atoms with Crippen LogP contribution in [0.3, 0.4) is 0 Å². The van der Waals surface area contributed by atoms with Crippen molar-refractivity contribution in [1.82, 2.24) is 0 Å². The summed E-state index contributed by atoms with van der Waals surface area (Å²) in [4.78, 5) is 10.7. The molecule has 23 heavy (non-hydrogen) atoms. The Morgan fingerprint density at radius 1 is 1.04 bits per heavy atom. The van der Waals surface area contributed by atoms with Crippen LogP contribution in [0.1, 0.15) is 12.8 Å². The summed E-state index contributed by atoms with van der Waals surface area (Å²) in [7, 11) is -3.97. The summed E-state index contributed by atoms with van der Waals surface area (Å²) in [6.45, 7) is -0.121. The molecular formula is C16H16FNO4S. The Hall–Kier alpha value is -2.41. The van der Waals surface area contributed by atoms with Gasteiger partial charge >= 0.3 is 5.97 Å². The Kier molecular flexibility index (Phi) is 5.33. The smallest absolute Gasteiger partial charge is 0.303 e. The molecule has 2 aromatic carbocycles. The van der Waals surface area contributed by atoms with E-state index in [0.717, 1.165) is 4.31 Å². The third-order valence-electron chi connectivity index (χ3n) is 3.20. The largest absolute Gasteiger partial charge is 0.481 e. The summed E-state index contributed by atoms with van der Waals surface area (Å²) in [6.07, 6.45) is -0.120. The lowest BCUT2D eigenvalue weighted by atomic mass is 10.2. The molecule has 5 nitrogen and oxygen atoms in total. The molecule has 0 aliphatic carbocycles. The Labute approximate surface area is 134 Å². The summed E-state index contributed by atoms with van der Waals surface area (Å²) in [5.41, 5.74) is -0.0956. The minimum absolute atomic E-state index is 0.0265. The number of carbonyl (C=O) groups is 1. The van der Waals surface area contributed by atoms with Crippen molar-refractivity contribution in [2.45, 2.75) is 17.7 Å². The van der Waals surface area contributed by atoms with Gasteiger partial charge in [0.25, 0.3) is 10.0 Å². The van der Waals surface area contributed by atoms with Gasteiger partial charge in [0.05, 0.1) is 10.6 Å². The average Bonchev–Trinajstić information content (AvgIpc) is 2.53. The van der Waals surface area contributed by atoms with Crippen molar-refractivity contribution in [3.8, 4) is 0 Å². The van der Waals surface area contributed by atoms with Crippen LogP contribution in [0.25, 0.3) is 0 Å². The van der Waals surface area contributed by atoms with Crippen LogP contribution in [0.2, 0.25) is 0 Å². The number of carboxylic acid groups (broad SMARTS) is 1. The number of rotatable bonds is 7. The highest BCUT2D eigenvalue weighted by atomic mass is 32.2. The highest BCUT2D eigenvalue weighted by Crippen LogP contribution is 2.26. The molecule has 0 amide bonds. The second kappa shape index (κ2) is 7.23. The molecule has 0 spiro atoms. The topological polar surface area (TPSA) is 74.7 Å². The van der Waals surface area contributed by atoms with Gasteiger partial charge in [-0.2, -0.15) is 0 Å². The highest BCUT2D eigenvalue weighted by Gasteiger charge is 2.26. The molecule has 0 bridgehead atoms. The fourth-order valence-electron chi connectivity index (χ4n) is 2.12. The normalized spacial score (nSPS) is 11.2. The van der Waals surface area contributed by atoms with Gasteiger partial charge in [-0.15, -0.1) is 0 Å². The van der Waals surface area contributed by atoms with Crippen LogP contribution in [-0.2, 0) is 14.8 Å². The van der Waals surface area contributed by atoms with E-state index in [1.165, 1.54) is 36.4 Å². The van der Waals surface area contributed by atoms with Crippen LogP contribution in [0.15, 0.2) is 59.5 Å². The summed E-state index contributed by atoms with van der Waals surface area (Å²) in [6, 6.07) is 13.2. The number of sulfonamides is 1.